The number of hydrogen-bond donors (Lipinski definition) is 0. The zero-order valence-corrected chi connectivity index (χ0v) is 39.2. The Kier molecular flexibility index (Phi) is 10.0. The van der Waals surface area contributed by atoms with Gasteiger partial charge in [-0.3, -0.25) is 0 Å². The van der Waals surface area contributed by atoms with E-state index in [0.29, 0.717) is 11.5 Å². The second-order valence-electron chi connectivity index (χ2n) is 18.8. The Balaban J connectivity index is 1.01. The van der Waals surface area contributed by atoms with E-state index in [2.05, 4.69) is 199 Å². The van der Waals surface area contributed by atoms with E-state index in [1.807, 2.05) is 48.5 Å². The topological polar surface area (TPSA) is 34.6 Å². The number of hydrogen-bond acceptors (Lipinski definition) is 1. The molecule has 0 N–H and O–H groups in total. The van der Waals surface area contributed by atoms with Gasteiger partial charge in [0, 0.05) is 50.1 Å². The van der Waals surface area contributed by atoms with Crippen LogP contribution in [0.4, 0.5) is 0 Å². The molecule has 70 heavy (non-hydrogen) atoms. The van der Waals surface area contributed by atoms with Gasteiger partial charge in [-0.05, 0) is 126 Å². The maximum Gasteiger partial charge on any atom is 0.160 e. The normalized spacial score (nSPS) is 16.5. The molecule has 0 aliphatic heterocycles. The Morgan fingerprint density at radius 1 is 0.500 bits per heavy atom. The molecule has 3 aliphatic carbocycles. The molecule has 3 aliphatic rings. The summed E-state index contributed by atoms with van der Waals surface area (Å²) in [6, 6.07) is 72.7. The molecule has 0 saturated carbocycles. The smallest absolute Gasteiger partial charge is 0.160 e. The summed E-state index contributed by atoms with van der Waals surface area (Å²) in [5.41, 5.74) is 20.6. The van der Waals surface area contributed by atoms with Crippen LogP contribution in [0.2, 0.25) is 0 Å². The zero-order valence-electron chi connectivity index (χ0n) is 39.2. The number of allylic oxidation sites excluding steroid dienone is 5. The number of para-hydroxylation sites is 2. The number of amidine groups is 1. The number of benzene rings is 8. The van der Waals surface area contributed by atoms with Gasteiger partial charge in [0.25, 0.3) is 0 Å². The fourth-order valence-corrected chi connectivity index (χ4v) is 11.8. The van der Waals surface area contributed by atoms with Crippen LogP contribution in [0.3, 0.4) is 0 Å². The molecule has 4 heteroatoms. The highest BCUT2D eigenvalue weighted by atomic mass is 15.0. The summed E-state index contributed by atoms with van der Waals surface area (Å²) in [5, 5.41) is 3.79. The fraction of sp³-hybridized carbons (Fsp3) is 0.0909. The maximum absolute atomic E-state index is 5.32. The van der Waals surface area contributed by atoms with E-state index >= 15 is 0 Å². The summed E-state index contributed by atoms with van der Waals surface area (Å²) in [6.07, 6.45) is 13.4. The molecule has 2 aromatic heterocycles. The molecule has 0 amide bonds. The Morgan fingerprint density at radius 2 is 1.13 bits per heavy atom. The van der Waals surface area contributed by atoms with Crippen molar-refractivity contribution in [3.05, 3.63) is 281 Å². The minimum Gasteiger partial charge on any atom is -0.313 e. The van der Waals surface area contributed by atoms with Gasteiger partial charge >= 0.3 is 0 Å². The van der Waals surface area contributed by atoms with Gasteiger partial charge in [-0.2, -0.15) is 0 Å². The van der Waals surface area contributed by atoms with Crippen molar-refractivity contribution in [1.29, 1.82) is 0 Å². The van der Waals surface area contributed by atoms with E-state index in [9.17, 15) is 0 Å². The number of aliphatic imine (C=N–C) groups is 2. The second-order valence-corrected chi connectivity index (χ2v) is 18.8. The van der Waals surface area contributed by atoms with Crippen molar-refractivity contribution in [2.45, 2.75) is 38.0 Å². The standard InChI is InChI=1S/C66H50N4/c1-44(46-22-6-3-7-23-46)67-65(47-24-8-4-9-25-47)68-45(2)48-26-20-27-49(40-48)66(59-36-16-12-32-53(59)54-33-13-17-37-60(54)66)50-28-21-31-52(41-50)70-62-39-19-15-35-56(62)58-42-63-57(43-64(58)70)55-34-14-18-38-61(55)69(63)51-29-10-5-11-30-51/h3-16,18,20-36,38,40-43H,1,17,19,37,39H2,2H3/b67-65-,68-45+. The number of nitrogens with zero attached hydrogens (tertiary/aromatic N) is 4. The lowest BCUT2D eigenvalue weighted by atomic mass is 9.65. The molecule has 0 spiro atoms. The highest BCUT2D eigenvalue weighted by molar-refractivity contribution is 6.15. The van der Waals surface area contributed by atoms with Crippen LogP contribution in [0.25, 0.3) is 61.4 Å². The van der Waals surface area contributed by atoms with Crippen LogP contribution in [0.1, 0.15) is 76.4 Å². The third-order valence-corrected chi connectivity index (χ3v) is 14.9. The maximum atomic E-state index is 5.32. The molecule has 13 rings (SSSR count). The molecule has 8 aromatic carbocycles. The Hall–Kier alpha value is -8.60. The molecule has 0 fully saturated rings. The van der Waals surface area contributed by atoms with Crippen molar-refractivity contribution in [1.82, 2.24) is 9.13 Å². The summed E-state index contributed by atoms with van der Waals surface area (Å²) in [6.45, 7) is 6.48. The third kappa shape index (κ3) is 6.58. The molecule has 1 atom stereocenters. The van der Waals surface area contributed by atoms with Crippen LogP contribution >= 0.6 is 0 Å². The minimum absolute atomic E-state index is 0.555. The van der Waals surface area contributed by atoms with E-state index < -0.39 is 5.41 Å². The first kappa shape index (κ1) is 41.6. The van der Waals surface area contributed by atoms with Gasteiger partial charge in [0.15, 0.2) is 5.84 Å². The summed E-state index contributed by atoms with van der Waals surface area (Å²) < 4.78 is 5.01. The fourth-order valence-electron chi connectivity index (χ4n) is 11.8. The molecule has 0 saturated heterocycles. The Morgan fingerprint density at radius 3 is 1.96 bits per heavy atom. The third-order valence-electron chi connectivity index (χ3n) is 14.9. The molecule has 0 bridgehead atoms. The minimum atomic E-state index is -0.555. The summed E-state index contributed by atoms with van der Waals surface area (Å²) >= 11 is 0. The van der Waals surface area contributed by atoms with Gasteiger partial charge in [-0.25, -0.2) is 9.98 Å². The lowest BCUT2D eigenvalue weighted by Crippen LogP contribution is -2.30. The molecular weight excluding hydrogens is 849 g/mol. The van der Waals surface area contributed by atoms with Gasteiger partial charge in [0.2, 0.25) is 0 Å². The number of rotatable bonds is 8. The summed E-state index contributed by atoms with van der Waals surface area (Å²) in [5.74, 6) is 0.632. The van der Waals surface area contributed by atoms with Gasteiger partial charge in [0.1, 0.15) is 0 Å². The molecular formula is C66H50N4. The van der Waals surface area contributed by atoms with Crippen molar-refractivity contribution in [3.63, 3.8) is 0 Å². The van der Waals surface area contributed by atoms with E-state index in [1.54, 1.807) is 0 Å². The summed E-state index contributed by atoms with van der Waals surface area (Å²) in [4.78, 5) is 10.4. The first-order valence-electron chi connectivity index (χ1n) is 24.5. The zero-order chi connectivity index (χ0) is 46.8. The molecule has 1 unspecified atom stereocenters. The van der Waals surface area contributed by atoms with Crippen molar-refractivity contribution in [2.24, 2.45) is 9.98 Å². The lowest BCUT2D eigenvalue weighted by molar-refractivity contribution is 0.695. The van der Waals surface area contributed by atoms with E-state index in [0.717, 1.165) is 48.1 Å². The van der Waals surface area contributed by atoms with Crippen LogP contribution < -0.4 is 0 Å². The van der Waals surface area contributed by atoms with E-state index in [4.69, 9.17) is 9.98 Å². The molecule has 0 radical (unpaired) electrons. The van der Waals surface area contributed by atoms with Gasteiger partial charge in [0.05, 0.1) is 27.7 Å². The van der Waals surface area contributed by atoms with Crippen molar-refractivity contribution < 1.29 is 0 Å². The SMILES string of the molecule is C=C(/N=C(\N=C(/C)c1cccc(C2(c3cccc(-n4c5c(c6cc7c(cc64)c4ccccc4n7-c4ccccc4)C=CCC5)c3)C3=C(C=CCC3)c3ccccc32)c1)c1ccccc1)c1ccccc1. The molecule has 10 aromatic rings. The molecule has 4 nitrogen and oxygen atoms in total. The predicted octanol–water partition coefficient (Wildman–Crippen LogP) is 16.1. The first-order chi connectivity index (χ1) is 34.6. The molecule has 334 valence electrons. The summed E-state index contributed by atoms with van der Waals surface area (Å²) in [7, 11) is 0. The van der Waals surface area contributed by atoms with Gasteiger partial charge < -0.3 is 9.13 Å². The van der Waals surface area contributed by atoms with Crippen LogP contribution in [-0.2, 0) is 11.8 Å². The largest absolute Gasteiger partial charge is 0.313 e. The van der Waals surface area contributed by atoms with Crippen molar-refractivity contribution >= 4 is 61.6 Å². The van der Waals surface area contributed by atoms with E-state index in [-0.39, 0.29) is 0 Å². The van der Waals surface area contributed by atoms with Crippen LogP contribution in [0.5, 0.6) is 0 Å². The second kappa shape index (κ2) is 16.9. The number of fused-ring (bicyclic) bond motifs is 8. The Bertz CT molecular complexity index is 3890. The quantitative estimate of drug-likeness (QED) is 0.108. The monoisotopic (exact) mass is 898 g/mol. The number of aromatic nitrogens is 2. The van der Waals surface area contributed by atoms with Crippen molar-refractivity contribution in [2.75, 3.05) is 0 Å². The van der Waals surface area contributed by atoms with Gasteiger partial charge in [-0.15, -0.1) is 0 Å². The predicted molar refractivity (Wildman–Crippen MR) is 294 cm³/mol. The van der Waals surface area contributed by atoms with E-state index in [1.165, 1.54) is 88.7 Å². The highest BCUT2D eigenvalue weighted by Gasteiger charge is 2.47. The van der Waals surface area contributed by atoms with Crippen molar-refractivity contribution in [3.8, 4) is 11.4 Å². The average Bonchev–Trinajstić information content (AvgIpc) is 4.04. The van der Waals surface area contributed by atoms with Crippen LogP contribution in [0.15, 0.2) is 241 Å². The lowest BCUT2D eigenvalue weighted by Gasteiger charge is -2.37. The first-order valence-corrected chi connectivity index (χ1v) is 24.5. The van der Waals surface area contributed by atoms with Crippen LogP contribution in [0, 0.1) is 0 Å². The van der Waals surface area contributed by atoms with Gasteiger partial charge in [-0.1, -0.05) is 183 Å². The Labute approximate surface area is 409 Å². The highest BCUT2D eigenvalue weighted by Crippen LogP contribution is 2.57. The average molecular weight is 899 g/mol. The van der Waals surface area contributed by atoms with Crippen LogP contribution in [-0.4, -0.2) is 20.7 Å². The molecule has 2 heterocycles.